The molecule has 0 aliphatic carbocycles. The predicted octanol–water partition coefficient (Wildman–Crippen LogP) is 3.34. The molecule has 0 atom stereocenters. The summed E-state index contributed by atoms with van der Waals surface area (Å²) in [6.07, 6.45) is 3.77. The van der Waals surface area contributed by atoms with Gasteiger partial charge in [0.25, 0.3) is 0 Å². The number of hydrogen-bond donors (Lipinski definition) is 0. The molecule has 0 unspecified atom stereocenters. The second-order valence-corrected chi connectivity index (χ2v) is 3.73. The van der Waals surface area contributed by atoms with Crippen molar-refractivity contribution >= 4 is 0 Å². The molecular formula is C15H11N2Pt-. The fourth-order valence-electron chi connectivity index (χ4n) is 1.83. The molecule has 0 amide bonds. The van der Waals surface area contributed by atoms with Gasteiger partial charge in [0.15, 0.2) is 0 Å². The Morgan fingerprint density at radius 3 is 2.44 bits per heavy atom. The monoisotopic (exact) mass is 414 g/mol. The van der Waals surface area contributed by atoms with Gasteiger partial charge >= 0.3 is 0 Å². The summed E-state index contributed by atoms with van der Waals surface area (Å²) in [5.41, 5.74) is 2.11. The molecule has 2 aromatic carbocycles. The van der Waals surface area contributed by atoms with Gasteiger partial charge in [-0.2, -0.15) is 0 Å². The van der Waals surface area contributed by atoms with Gasteiger partial charge in [0.1, 0.15) is 0 Å². The summed E-state index contributed by atoms with van der Waals surface area (Å²) in [7, 11) is 0. The van der Waals surface area contributed by atoms with Gasteiger partial charge < -0.3 is 4.57 Å². The first-order valence-electron chi connectivity index (χ1n) is 5.51. The van der Waals surface area contributed by atoms with Crippen LogP contribution in [-0.4, -0.2) is 9.55 Å². The zero-order valence-corrected chi connectivity index (χ0v) is 11.8. The van der Waals surface area contributed by atoms with Crippen molar-refractivity contribution < 1.29 is 21.1 Å². The van der Waals surface area contributed by atoms with Crippen molar-refractivity contribution in [3.8, 4) is 17.1 Å². The molecule has 0 saturated heterocycles. The van der Waals surface area contributed by atoms with Gasteiger partial charge in [-0.25, -0.2) is 0 Å². The fourth-order valence-corrected chi connectivity index (χ4v) is 1.83. The first-order chi connectivity index (χ1) is 8.45. The number of nitrogens with zero attached hydrogens (tertiary/aromatic N) is 2. The van der Waals surface area contributed by atoms with Gasteiger partial charge in [0.2, 0.25) is 0 Å². The Morgan fingerprint density at radius 2 is 1.72 bits per heavy atom. The summed E-state index contributed by atoms with van der Waals surface area (Å²) in [4.78, 5) is 4.39. The minimum atomic E-state index is 0. The Kier molecular flexibility index (Phi) is 4.11. The molecule has 0 aliphatic heterocycles. The van der Waals surface area contributed by atoms with Gasteiger partial charge in [0.05, 0.1) is 5.82 Å². The maximum absolute atomic E-state index is 4.39. The largest absolute Gasteiger partial charge is 0.340 e. The van der Waals surface area contributed by atoms with E-state index >= 15 is 0 Å². The van der Waals surface area contributed by atoms with Gasteiger partial charge in [-0.3, -0.25) is 4.98 Å². The van der Waals surface area contributed by atoms with Crippen LogP contribution in [0.2, 0.25) is 0 Å². The van der Waals surface area contributed by atoms with Crippen LogP contribution in [0.3, 0.4) is 0 Å². The minimum Gasteiger partial charge on any atom is -0.340 e. The van der Waals surface area contributed by atoms with E-state index in [9.17, 15) is 0 Å². The van der Waals surface area contributed by atoms with Gasteiger partial charge in [-0.1, -0.05) is 18.2 Å². The van der Waals surface area contributed by atoms with E-state index in [1.807, 2.05) is 54.9 Å². The van der Waals surface area contributed by atoms with Gasteiger partial charge in [-0.05, 0) is 12.1 Å². The summed E-state index contributed by atoms with van der Waals surface area (Å²) in [6, 6.07) is 21.2. The maximum Gasteiger partial charge on any atom is 0.0602 e. The fraction of sp³-hybridized carbons (Fsp3) is 0. The van der Waals surface area contributed by atoms with E-state index < -0.39 is 0 Å². The van der Waals surface area contributed by atoms with E-state index in [-0.39, 0.29) is 21.1 Å². The SMILES string of the molecule is [Pt].[c-]1ccccc1-c1nccn1-c1ccccc1. The molecule has 0 N–H and O–H groups in total. The number of aromatic nitrogens is 2. The van der Waals surface area contributed by atoms with Crippen LogP contribution in [0.4, 0.5) is 0 Å². The van der Waals surface area contributed by atoms with E-state index in [4.69, 9.17) is 0 Å². The Morgan fingerprint density at radius 1 is 0.944 bits per heavy atom. The van der Waals surface area contributed by atoms with Crippen LogP contribution in [-0.2, 0) is 21.1 Å². The van der Waals surface area contributed by atoms with Crippen LogP contribution in [0.25, 0.3) is 17.1 Å². The van der Waals surface area contributed by atoms with Crippen molar-refractivity contribution in [1.29, 1.82) is 0 Å². The number of imidazole rings is 1. The van der Waals surface area contributed by atoms with E-state index in [0.717, 1.165) is 17.1 Å². The smallest absolute Gasteiger partial charge is 0.0602 e. The number of rotatable bonds is 2. The second kappa shape index (κ2) is 5.79. The van der Waals surface area contributed by atoms with E-state index in [0.29, 0.717) is 0 Å². The van der Waals surface area contributed by atoms with Crippen molar-refractivity contribution in [1.82, 2.24) is 9.55 Å². The Balaban J connectivity index is 0.00000120. The summed E-state index contributed by atoms with van der Waals surface area (Å²) in [6.45, 7) is 0. The zero-order valence-electron chi connectivity index (χ0n) is 9.56. The molecule has 0 bridgehead atoms. The maximum atomic E-state index is 4.39. The Bertz CT molecular complexity index is 549. The summed E-state index contributed by atoms with van der Waals surface area (Å²) in [5, 5.41) is 0. The number of benzene rings is 2. The van der Waals surface area contributed by atoms with Crippen LogP contribution in [0.5, 0.6) is 0 Å². The Labute approximate surface area is 121 Å². The standard InChI is InChI=1S/C15H11N2.Pt/c1-3-7-13(8-4-1)15-16-11-12-17(15)14-9-5-2-6-10-14;/h1-7,9-12H;/q-1;. The molecule has 1 aromatic heterocycles. The topological polar surface area (TPSA) is 17.8 Å². The van der Waals surface area contributed by atoms with Crippen molar-refractivity contribution in [2.24, 2.45) is 0 Å². The average Bonchev–Trinajstić information content (AvgIpc) is 2.90. The minimum absolute atomic E-state index is 0. The molecule has 92 valence electrons. The first kappa shape index (κ1) is 12.8. The third-order valence-electron chi connectivity index (χ3n) is 2.63. The molecule has 0 spiro atoms. The molecule has 3 rings (SSSR count). The molecule has 0 aliphatic rings. The van der Waals surface area contributed by atoms with Crippen molar-refractivity contribution in [2.75, 3.05) is 0 Å². The summed E-state index contributed by atoms with van der Waals surface area (Å²) in [5.74, 6) is 0.914. The van der Waals surface area contributed by atoms with Gasteiger partial charge in [-0.15, -0.1) is 35.9 Å². The molecule has 3 aromatic rings. The first-order valence-corrected chi connectivity index (χ1v) is 5.51. The molecular weight excluding hydrogens is 403 g/mol. The molecule has 0 saturated carbocycles. The van der Waals surface area contributed by atoms with Crippen LogP contribution >= 0.6 is 0 Å². The molecule has 1 heterocycles. The molecule has 2 nitrogen and oxygen atoms in total. The molecule has 18 heavy (non-hydrogen) atoms. The van der Waals surface area contributed by atoms with Crippen molar-refractivity contribution in [3.05, 3.63) is 73.1 Å². The van der Waals surface area contributed by atoms with Crippen LogP contribution in [0.1, 0.15) is 0 Å². The normalized spacial score (nSPS) is 9.78. The Hall–Kier alpha value is -1.66. The van der Waals surface area contributed by atoms with Crippen molar-refractivity contribution in [2.45, 2.75) is 0 Å². The van der Waals surface area contributed by atoms with Crippen LogP contribution < -0.4 is 0 Å². The quantitative estimate of drug-likeness (QED) is 0.589. The van der Waals surface area contributed by atoms with Gasteiger partial charge in [0, 0.05) is 39.1 Å². The molecule has 0 radical (unpaired) electrons. The number of hydrogen-bond acceptors (Lipinski definition) is 1. The predicted molar refractivity (Wildman–Crippen MR) is 67.8 cm³/mol. The van der Waals surface area contributed by atoms with E-state index in [1.165, 1.54) is 0 Å². The summed E-state index contributed by atoms with van der Waals surface area (Å²) >= 11 is 0. The van der Waals surface area contributed by atoms with E-state index in [1.54, 1.807) is 0 Å². The molecule has 0 fully saturated rings. The zero-order chi connectivity index (χ0) is 11.5. The third-order valence-corrected chi connectivity index (χ3v) is 2.63. The average molecular weight is 414 g/mol. The molecule has 3 heteroatoms. The van der Waals surface area contributed by atoms with Crippen LogP contribution in [0, 0.1) is 6.07 Å². The van der Waals surface area contributed by atoms with E-state index in [2.05, 4.69) is 27.8 Å². The third kappa shape index (κ3) is 2.44. The van der Waals surface area contributed by atoms with Crippen molar-refractivity contribution in [3.63, 3.8) is 0 Å². The summed E-state index contributed by atoms with van der Waals surface area (Å²) < 4.78 is 2.06. The second-order valence-electron chi connectivity index (χ2n) is 3.73. The van der Waals surface area contributed by atoms with Crippen LogP contribution in [0.15, 0.2) is 67.0 Å². The number of para-hydroxylation sites is 1.